The predicted molar refractivity (Wildman–Crippen MR) is 96.5 cm³/mol. The van der Waals surface area contributed by atoms with Crippen molar-refractivity contribution < 1.29 is 9.59 Å². The van der Waals surface area contributed by atoms with Crippen molar-refractivity contribution in [2.45, 2.75) is 26.8 Å². The topological polar surface area (TPSA) is 75.5 Å². The van der Waals surface area contributed by atoms with Crippen LogP contribution in [0.15, 0.2) is 48.8 Å². The third-order valence-corrected chi connectivity index (χ3v) is 3.89. The van der Waals surface area contributed by atoms with Crippen LogP contribution in [-0.4, -0.2) is 21.2 Å². The second kappa shape index (κ2) is 7.17. The summed E-state index contributed by atoms with van der Waals surface area (Å²) < 4.78 is 1.94. The minimum absolute atomic E-state index is 0.0855. The highest BCUT2D eigenvalue weighted by Gasteiger charge is 2.09. The van der Waals surface area contributed by atoms with Crippen LogP contribution in [0.1, 0.15) is 35.0 Å². The summed E-state index contributed by atoms with van der Waals surface area (Å²) >= 11 is 0. The highest BCUT2D eigenvalue weighted by atomic mass is 16.2. The first-order chi connectivity index (χ1) is 12.1. The van der Waals surface area contributed by atoms with E-state index in [0.717, 1.165) is 16.9 Å². The van der Waals surface area contributed by atoms with Gasteiger partial charge in [0.15, 0.2) is 0 Å². The van der Waals surface area contributed by atoms with E-state index in [1.807, 2.05) is 35.9 Å². The maximum absolute atomic E-state index is 12.3. The number of hydrogen-bond acceptors (Lipinski definition) is 3. The van der Waals surface area contributed by atoms with E-state index in [1.54, 1.807) is 31.2 Å². The summed E-state index contributed by atoms with van der Waals surface area (Å²) in [6, 6.07) is 10.8. The van der Waals surface area contributed by atoms with E-state index in [4.69, 9.17) is 0 Å². The Labute approximate surface area is 145 Å². The average Bonchev–Trinajstić information content (AvgIpc) is 3.04. The Morgan fingerprint density at radius 3 is 2.80 bits per heavy atom. The molecule has 0 aliphatic heterocycles. The molecule has 0 bridgehead atoms. The number of pyridine rings is 1. The van der Waals surface area contributed by atoms with Crippen molar-refractivity contribution in [3.05, 3.63) is 65.6 Å². The molecule has 0 saturated carbocycles. The SMILES string of the molecule is CCC(=O)Nc1cccc(C(=O)NCc2cn3cccc(C)c3n2)c1. The molecule has 0 atom stereocenters. The fraction of sp³-hybridized carbons (Fsp3) is 0.211. The lowest BCUT2D eigenvalue weighted by molar-refractivity contribution is -0.115. The van der Waals surface area contributed by atoms with Gasteiger partial charge in [0.2, 0.25) is 5.91 Å². The number of aryl methyl sites for hydroxylation is 1. The molecule has 0 saturated heterocycles. The third-order valence-electron chi connectivity index (χ3n) is 3.89. The molecule has 0 aliphatic carbocycles. The molecule has 2 heterocycles. The van der Waals surface area contributed by atoms with E-state index in [2.05, 4.69) is 15.6 Å². The molecule has 3 rings (SSSR count). The van der Waals surface area contributed by atoms with Gasteiger partial charge in [-0.1, -0.05) is 19.1 Å². The molecule has 25 heavy (non-hydrogen) atoms. The van der Waals surface area contributed by atoms with E-state index in [0.29, 0.717) is 24.2 Å². The number of rotatable bonds is 5. The van der Waals surface area contributed by atoms with Crippen LogP contribution in [0.3, 0.4) is 0 Å². The van der Waals surface area contributed by atoms with Crippen LogP contribution in [0.5, 0.6) is 0 Å². The summed E-state index contributed by atoms with van der Waals surface area (Å²) in [5.74, 6) is -0.293. The van der Waals surface area contributed by atoms with E-state index < -0.39 is 0 Å². The monoisotopic (exact) mass is 336 g/mol. The molecule has 0 spiro atoms. The third kappa shape index (κ3) is 3.85. The van der Waals surface area contributed by atoms with Gasteiger partial charge in [0.05, 0.1) is 12.2 Å². The lowest BCUT2D eigenvalue weighted by atomic mass is 10.2. The average molecular weight is 336 g/mol. The molecule has 6 heteroatoms. The van der Waals surface area contributed by atoms with Crippen molar-refractivity contribution in [3.8, 4) is 0 Å². The van der Waals surface area contributed by atoms with Crippen LogP contribution in [0.4, 0.5) is 5.69 Å². The molecule has 3 aromatic rings. The Bertz CT molecular complexity index is 930. The van der Waals surface area contributed by atoms with Gasteiger partial charge in [-0.25, -0.2) is 4.98 Å². The molecule has 0 unspecified atom stereocenters. The predicted octanol–water partition coefficient (Wildman–Crippen LogP) is 2.92. The Morgan fingerprint density at radius 2 is 2.04 bits per heavy atom. The molecule has 2 amide bonds. The summed E-state index contributed by atoms with van der Waals surface area (Å²) in [6.07, 6.45) is 4.23. The zero-order valence-electron chi connectivity index (χ0n) is 14.2. The Morgan fingerprint density at radius 1 is 1.20 bits per heavy atom. The van der Waals surface area contributed by atoms with Crippen LogP contribution < -0.4 is 10.6 Å². The maximum atomic E-state index is 12.3. The van der Waals surface area contributed by atoms with E-state index >= 15 is 0 Å². The molecule has 2 N–H and O–H groups in total. The van der Waals surface area contributed by atoms with Gasteiger partial charge < -0.3 is 15.0 Å². The molecule has 1 aromatic carbocycles. The first-order valence-corrected chi connectivity index (χ1v) is 8.18. The Hall–Kier alpha value is -3.15. The number of nitrogens with one attached hydrogen (secondary N) is 2. The van der Waals surface area contributed by atoms with Crippen LogP contribution in [0.2, 0.25) is 0 Å². The number of fused-ring (bicyclic) bond motifs is 1. The highest BCUT2D eigenvalue weighted by molar-refractivity contribution is 5.97. The number of aromatic nitrogens is 2. The lowest BCUT2D eigenvalue weighted by Crippen LogP contribution is -2.23. The number of amides is 2. The second-order valence-corrected chi connectivity index (χ2v) is 5.82. The summed E-state index contributed by atoms with van der Waals surface area (Å²) in [5, 5.41) is 5.61. The quantitative estimate of drug-likeness (QED) is 0.752. The molecule has 0 fully saturated rings. The number of imidazole rings is 1. The minimum atomic E-state index is -0.207. The van der Waals surface area contributed by atoms with Gasteiger partial charge in [0.1, 0.15) is 5.65 Å². The van der Waals surface area contributed by atoms with Gasteiger partial charge >= 0.3 is 0 Å². The number of benzene rings is 1. The number of hydrogen-bond donors (Lipinski definition) is 2. The molecule has 2 aromatic heterocycles. The highest BCUT2D eigenvalue weighted by Crippen LogP contribution is 2.12. The van der Waals surface area contributed by atoms with Gasteiger partial charge in [-0.3, -0.25) is 9.59 Å². The second-order valence-electron chi connectivity index (χ2n) is 5.82. The van der Waals surface area contributed by atoms with Gasteiger partial charge in [0.25, 0.3) is 5.91 Å². The van der Waals surface area contributed by atoms with Crippen LogP contribution >= 0.6 is 0 Å². The zero-order chi connectivity index (χ0) is 17.8. The van der Waals surface area contributed by atoms with Crippen molar-refractivity contribution >= 4 is 23.1 Å². The van der Waals surface area contributed by atoms with Crippen molar-refractivity contribution in [3.63, 3.8) is 0 Å². The molecule has 128 valence electrons. The molecular weight excluding hydrogens is 316 g/mol. The zero-order valence-corrected chi connectivity index (χ0v) is 14.2. The first-order valence-electron chi connectivity index (χ1n) is 8.18. The minimum Gasteiger partial charge on any atom is -0.346 e. The summed E-state index contributed by atoms with van der Waals surface area (Å²) in [6.45, 7) is 4.12. The van der Waals surface area contributed by atoms with Crippen LogP contribution in [0.25, 0.3) is 5.65 Å². The fourth-order valence-electron chi connectivity index (χ4n) is 2.55. The lowest BCUT2D eigenvalue weighted by Gasteiger charge is -2.07. The molecular formula is C19H20N4O2. The van der Waals surface area contributed by atoms with E-state index in [-0.39, 0.29) is 11.8 Å². The van der Waals surface area contributed by atoms with Gasteiger partial charge in [-0.05, 0) is 36.8 Å². The van der Waals surface area contributed by atoms with Crippen LogP contribution in [0, 0.1) is 6.92 Å². The van der Waals surface area contributed by atoms with E-state index in [1.165, 1.54) is 0 Å². The standard InChI is InChI=1S/C19H20N4O2/c1-3-17(24)21-15-8-4-7-14(10-15)19(25)20-11-16-12-23-9-5-6-13(2)18(23)22-16/h4-10,12H,3,11H2,1-2H3,(H,20,25)(H,21,24). The summed E-state index contributed by atoms with van der Waals surface area (Å²) in [5.41, 5.74) is 3.87. The van der Waals surface area contributed by atoms with Crippen molar-refractivity contribution in [2.24, 2.45) is 0 Å². The molecule has 0 aliphatic rings. The van der Waals surface area contributed by atoms with Crippen LogP contribution in [-0.2, 0) is 11.3 Å². The molecule has 6 nitrogen and oxygen atoms in total. The fourth-order valence-corrected chi connectivity index (χ4v) is 2.55. The van der Waals surface area contributed by atoms with E-state index in [9.17, 15) is 9.59 Å². The maximum Gasteiger partial charge on any atom is 0.251 e. The smallest absolute Gasteiger partial charge is 0.251 e. The largest absolute Gasteiger partial charge is 0.346 e. The molecule has 0 radical (unpaired) electrons. The van der Waals surface area contributed by atoms with Crippen molar-refractivity contribution in [1.82, 2.24) is 14.7 Å². The summed E-state index contributed by atoms with van der Waals surface area (Å²) in [7, 11) is 0. The number of carbonyl (C=O) groups is 2. The first kappa shape index (κ1) is 16.7. The number of nitrogens with zero attached hydrogens (tertiary/aromatic N) is 2. The van der Waals surface area contributed by atoms with Crippen molar-refractivity contribution in [1.29, 1.82) is 0 Å². The van der Waals surface area contributed by atoms with Gasteiger partial charge in [-0.2, -0.15) is 0 Å². The normalized spacial score (nSPS) is 10.6. The van der Waals surface area contributed by atoms with Gasteiger partial charge in [-0.15, -0.1) is 0 Å². The Kier molecular flexibility index (Phi) is 4.79. The Balaban J connectivity index is 1.68. The number of carbonyl (C=O) groups excluding carboxylic acids is 2. The number of anilines is 1. The van der Waals surface area contributed by atoms with Crippen molar-refractivity contribution in [2.75, 3.05) is 5.32 Å². The summed E-state index contributed by atoms with van der Waals surface area (Å²) in [4.78, 5) is 28.3. The van der Waals surface area contributed by atoms with Gasteiger partial charge in [0, 0.05) is 30.1 Å².